The Kier molecular flexibility index (Phi) is 28.8. The molecule has 0 saturated heterocycles. The smallest absolute Gasteiger partial charge is 0.0591 e. The zero-order chi connectivity index (χ0) is 27.4. The van der Waals surface area contributed by atoms with Gasteiger partial charge in [-0.3, -0.25) is 0 Å². The monoisotopic (exact) mass is 525 g/mol. The molecule has 0 aromatic heterocycles. The van der Waals surface area contributed by atoms with E-state index in [1.54, 1.807) is 0 Å². The maximum absolute atomic E-state index is 6.86. The Bertz CT molecular complexity index is 388. The first-order valence-electron chi connectivity index (χ1n) is 16.9. The van der Waals surface area contributed by atoms with E-state index in [2.05, 4.69) is 51.8 Å². The molecule has 37 heavy (non-hydrogen) atoms. The molecule has 2 atom stereocenters. The van der Waals surface area contributed by atoms with Gasteiger partial charge in [0.05, 0.1) is 12.2 Å². The highest BCUT2D eigenvalue weighted by Gasteiger charge is 2.17. The van der Waals surface area contributed by atoms with Crippen molar-refractivity contribution in [3.05, 3.63) is 0 Å². The van der Waals surface area contributed by atoms with Gasteiger partial charge in [-0.15, -0.1) is 0 Å². The summed E-state index contributed by atoms with van der Waals surface area (Å²) in [5.41, 5.74) is 0. The molecule has 0 rings (SSSR count). The highest BCUT2D eigenvalue weighted by atomic mass is 16.5. The molecule has 3 heteroatoms. The Balaban J connectivity index is 4.29. The molecule has 0 bridgehead atoms. The van der Waals surface area contributed by atoms with Crippen LogP contribution >= 0.6 is 0 Å². The van der Waals surface area contributed by atoms with Crippen molar-refractivity contribution in [2.24, 2.45) is 0 Å². The van der Waals surface area contributed by atoms with Crippen molar-refractivity contribution in [2.45, 2.75) is 180 Å². The third kappa shape index (κ3) is 28.7. The fourth-order valence-electron chi connectivity index (χ4n) is 5.36. The normalized spacial score (nSPS) is 13.6. The van der Waals surface area contributed by atoms with Crippen molar-refractivity contribution in [1.82, 2.24) is 9.80 Å². The minimum atomic E-state index is 0.437. The second kappa shape index (κ2) is 28.9. The summed E-state index contributed by atoms with van der Waals surface area (Å²) in [7, 11) is 8.80. The molecule has 0 aliphatic carbocycles. The van der Waals surface area contributed by atoms with Gasteiger partial charge in [0.15, 0.2) is 0 Å². The van der Waals surface area contributed by atoms with Gasteiger partial charge in [0.1, 0.15) is 0 Å². The van der Waals surface area contributed by atoms with E-state index in [1.807, 2.05) is 0 Å². The molecule has 2 unspecified atom stereocenters. The van der Waals surface area contributed by atoms with Crippen LogP contribution in [0.2, 0.25) is 0 Å². The molecule has 0 aromatic carbocycles. The van der Waals surface area contributed by atoms with E-state index in [4.69, 9.17) is 4.74 Å². The van der Waals surface area contributed by atoms with Crippen LogP contribution in [0.5, 0.6) is 0 Å². The van der Waals surface area contributed by atoms with E-state index >= 15 is 0 Å². The summed E-state index contributed by atoms with van der Waals surface area (Å²) in [6.45, 7) is 6.89. The predicted molar refractivity (Wildman–Crippen MR) is 168 cm³/mol. The Morgan fingerprint density at radius 3 is 0.919 bits per heavy atom. The molecule has 3 nitrogen and oxygen atoms in total. The first kappa shape index (κ1) is 36.9. The summed E-state index contributed by atoms with van der Waals surface area (Å²) >= 11 is 0. The number of rotatable bonds is 30. The van der Waals surface area contributed by atoms with Crippen molar-refractivity contribution in [1.29, 1.82) is 0 Å². The molecule has 0 heterocycles. The van der Waals surface area contributed by atoms with Crippen LogP contribution in [0.3, 0.4) is 0 Å². The first-order chi connectivity index (χ1) is 18.0. The first-order valence-corrected chi connectivity index (χ1v) is 16.9. The van der Waals surface area contributed by atoms with E-state index in [1.165, 1.54) is 154 Å². The van der Waals surface area contributed by atoms with Crippen LogP contribution in [0, 0.1) is 0 Å². The van der Waals surface area contributed by atoms with Crippen molar-refractivity contribution in [2.75, 3.05) is 41.3 Å². The largest absolute Gasteiger partial charge is 0.375 e. The Labute approximate surface area is 235 Å². The summed E-state index contributed by atoms with van der Waals surface area (Å²) in [5, 5.41) is 0. The quantitative estimate of drug-likeness (QED) is 0.0869. The van der Waals surface area contributed by atoms with Gasteiger partial charge < -0.3 is 14.5 Å². The van der Waals surface area contributed by atoms with Gasteiger partial charge >= 0.3 is 0 Å². The van der Waals surface area contributed by atoms with E-state index in [-0.39, 0.29) is 0 Å². The van der Waals surface area contributed by atoms with Crippen molar-refractivity contribution >= 4 is 0 Å². The molecular formula is C34H72N2O. The molecule has 0 fully saturated rings. The molecular weight excluding hydrogens is 452 g/mol. The topological polar surface area (TPSA) is 15.7 Å². The maximum Gasteiger partial charge on any atom is 0.0591 e. The average molecular weight is 525 g/mol. The van der Waals surface area contributed by atoms with Crippen LogP contribution in [0.15, 0.2) is 0 Å². The molecule has 0 aliphatic heterocycles. The van der Waals surface area contributed by atoms with Gasteiger partial charge in [-0.2, -0.15) is 0 Å². The van der Waals surface area contributed by atoms with Crippen LogP contribution in [0.1, 0.15) is 168 Å². The van der Waals surface area contributed by atoms with Gasteiger partial charge in [-0.05, 0) is 67.0 Å². The van der Waals surface area contributed by atoms with E-state index in [9.17, 15) is 0 Å². The zero-order valence-electron chi connectivity index (χ0n) is 26.8. The fraction of sp³-hybridized carbons (Fsp3) is 1.00. The van der Waals surface area contributed by atoms with Crippen LogP contribution in [0.25, 0.3) is 0 Å². The molecule has 0 spiro atoms. The average Bonchev–Trinajstić information content (AvgIpc) is 2.87. The second-order valence-corrected chi connectivity index (χ2v) is 12.5. The van der Waals surface area contributed by atoms with Gasteiger partial charge in [0, 0.05) is 0 Å². The van der Waals surface area contributed by atoms with Crippen molar-refractivity contribution in [3.8, 4) is 0 Å². The van der Waals surface area contributed by atoms with Crippen LogP contribution in [-0.4, -0.2) is 63.3 Å². The number of hydrogen-bond donors (Lipinski definition) is 0. The standard InChI is InChI=1S/C34H72N2O/c1-7-9-11-13-15-17-19-21-23-25-27-33(29-31-35(3)4)37-34(30-32-36(5)6)28-26-24-22-20-18-16-14-12-10-8-2/h33-34H,7-32H2,1-6H3. The predicted octanol–water partition coefficient (Wildman–Crippen LogP) is 10.3. The molecule has 0 N–H and O–H groups in total. The molecule has 224 valence electrons. The lowest BCUT2D eigenvalue weighted by Crippen LogP contribution is -2.29. The van der Waals surface area contributed by atoms with Gasteiger partial charge in [0.2, 0.25) is 0 Å². The van der Waals surface area contributed by atoms with E-state index in [0.29, 0.717) is 12.2 Å². The number of ether oxygens (including phenoxy) is 1. The Hall–Kier alpha value is -0.120. The highest BCUT2D eigenvalue weighted by molar-refractivity contribution is 4.68. The molecule has 0 radical (unpaired) electrons. The molecule has 0 saturated carbocycles. The van der Waals surface area contributed by atoms with Gasteiger partial charge in [-0.25, -0.2) is 0 Å². The molecule has 0 aromatic rings. The Morgan fingerprint density at radius 2 is 0.649 bits per heavy atom. The summed E-state index contributed by atoms with van der Waals surface area (Å²) < 4.78 is 6.86. The zero-order valence-corrected chi connectivity index (χ0v) is 26.8. The van der Waals surface area contributed by atoms with Crippen molar-refractivity contribution < 1.29 is 4.74 Å². The van der Waals surface area contributed by atoms with Crippen LogP contribution in [0.4, 0.5) is 0 Å². The maximum atomic E-state index is 6.86. The number of unbranched alkanes of at least 4 members (excludes halogenated alkanes) is 18. The fourth-order valence-corrected chi connectivity index (χ4v) is 5.36. The van der Waals surface area contributed by atoms with Gasteiger partial charge in [0.25, 0.3) is 0 Å². The third-order valence-corrected chi connectivity index (χ3v) is 7.94. The van der Waals surface area contributed by atoms with E-state index < -0.39 is 0 Å². The minimum Gasteiger partial charge on any atom is -0.375 e. The number of nitrogens with zero attached hydrogens (tertiary/aromatic N) is 2. The van der Waals surface area contributed by atoms with E-state index in [0.717, 1.165) is 13.1 Å². The van der Waals surface area contributed by atoms with Crippen molar-refractivity contribution in [3.63, 3.8) is 0 Å². The summed E-state index contributed by atoms with van der Waals surface area (Å²) in [5.74, 6) is 0. The Morgan fingerprint density at radius 1 is 0.378 bits per heavy atom. The highest BCUT2D eigenvalue weighted by Crippen LogP contribution is 2.20. The lowest BCUT2D eigenvalue weighted by atomic mass is 10.0. The number of hydrogen-bond acceptors (Lipinski definition) is 3. The summed E-state index contributed by atoms with van der Waals surface area (Å²) in [4.78, 5) is 4.65. The summed E-state index contributed by atoms with van der Waals surface area (Å²) in [6.07, 6.45) is 34.0. The van der Waals surface area contributed by atoms with Crippen LogP contribution in [-0.2, 0) is 4.74 Å². The summed E-state index contributed by atoms with van der Waals surface area (Å²) in [6, 6.07) is 0. The SMILES string of the molecule is CCCCCCCCCCCCC(CCN(C)C)OC(CCCCCCCCCCCC)CCN(C)C. The second-order valence-electron chi connectivity index (χ2n) is 12.5. The molecule has 0 aliphatic rings. The lowest BCUT2D eigenvalue weighted by molar-refractivity contribution is -0.0348. The minimum absolute atomic E-state index is 0.437. The van der Waals surface area contributed by atoms with Crippen LogP contribution < -0.4 is 0 Å². The van der Waals surface area contributed by atoms with Gasteiger partial charge in [-0.1, -0.05) is 142 Å². The third-order valence-electron chi connectivity index (χ3n) is 7.94. The lowest BCUT2D eigenvalue weighted by Gasteiger charge is -2.27. The molecule has 0 amide bonds.